The Morgan fingerprint density at radius 2 is 2.00 bits per heavy atom. The molecule has 1 aliphatic rings. The molecular weight excluding hydrogens is 411 g/mol. The van der Waals surface area contributed by atoms with E-state index in [2.05, 4.69) is 15.0 Å². The molecule has 3 aromatic rings. The van der Waals surface area contributed by atoms with Gasteiger partial charge in [0.1, 0.15) is 5.82 Å². The van der Waals surface area contributed by atoms with Crippen LogP contribution in [0, 0.1) is 11.7 Å². The third-order valence-corrected chi connectivity index (χ3v) is 5.71. The lowest BCUT2D eigenvalue weighted by molar-refractivity contribution is 0.0503. The minimum absolute atomic E-state index is 0.0602. The second-order valence-corrected chi connectivity index (χ2v) is 7.99. The molecule has 32 heavy (non-hydrogen) atoms. The highest BCUT2D eigenvalue weighted by atomic mass is 19.1. The van der Waals surface area contributed by atoms with E-state index in [0.717, 1.165) is 19.0 Å². The van der Waals surface area contributed by atoms with Gasteiger partial charge in [-0.2, -0.15) is 0 Å². The van der Waals surface area contributed by atoms with E-state index in [4.69, 9.17) is 4.74 Å². The topological polar surface area (TPSA) is 88.4 Å². The number of benzene rings is 1. The minimum Gasteiger partial charge on any atom is -0.477 e. The van der Waals surface area contributed by atoms with Crippen LogP contribution in [0.3, 0.4) is 0 Å². The zero-order chi connectivity index (χ0) is 22.5. The summed E-state index contributed by atoms with van der Waals surface area (Å²) in [4.78, 5) is 28.0. The number of pyridine rings is 1. The first-order chi connectivity index (χ1) is 15.5. The fourth-order valence-electron chi connectivity index (χ4n) is 3.91. The Bertz CT molecular complexity index is 1060. The number of nitrogens with zero attached hydrogens (tertiary/aromatic N) is 4. The molecule has 2 aromatic heterocycles. The van der Waals surface area contributed by atoms with E-state index in [1.54, 1.807) is 36.7 Å². The van der Waals surface area contributed by atoms with Gasteiger partial charge in [-0.3, -0.25) is 4.79 Å². The Morgan fingerprint density at radius 1 is 1.19 bits per heavy atom. The number of carbonyl (C=O) groups excluding carboxylic acids is 1. The maximum absolute atomic E-state index is 13.6. The maximum atomic E-state index is 13.6. The van der Waals surface area contributed by atoms with Crippen molar-refractivity contribution in [2.75, 3.05) is 13.2 Å². The van der Waals surface area contributed by atoms with E-state index in [1.165, 1.54) is 12.1 Å². The second kappa shape index (κ2) is 9.82. The lowest BCUT2D eigenvalue weighted by atomic mass is 9.92. The number of halogens is 1. The molecule has 0 radical (unpaired) electrons. The average molecular weight is 436 g/mol. The Morgan fingerprint density at radius 3 is 2.72 bits per heavy atom. The van der Waals surface area contributed by atoms with Crippen LogP contribution in [0.25, 0.3) is 11.4 Å². The molecule has 0 bridgehead atoms. The van der Waals surface area contributed by atoms with E-state index in [9.17, 15) is 14.3 Å². The van der Waals surface area contributed by atoms with Gasteiger partial charge in [-0.25, -0.2) is 19.3 Å². The second-order valence-electron chi connectivity index (χ2n) is 7.99. The maximum Gasteiger partial charge on any atom is 0.254 e. The van der Waals surface area contributed by atoms with Crippen molar-refractivity contribution in [2.45, 2.75) is 32.4 Å². The quantitative estimate of drug-likeness (QED) is 0.636. The SMILES string of the molecule is C[C@@H]1CC[C@H](COc2ccc(F)cn2)CN1C(=O)c1cc(CO)ccc1-c1ncccn1. The molecule has 3 heterocycles. The van der Waals surface area contributed by atoms with Crippen molar-refractivity contribution in [3.63, 3.8) is 0 Å². The predicted molar refractivity (Wildman–Crippen MR) is 116 cm³/mol. The van der Waals surface area contributed by atoms with Gasteiger partial charge in [0.15, 0.2) is 5.82 Å². The largest absolute Gasteiger partial charge is 0.477 e. The van der Waals surface area contributed by atoms with Crippen LogP contribution in [-0.2, 0) is 6.61 Å². The Balaban J connectivity index is 1.54. The summed E-state index contributed by atoms with van der Waals surface area (Å²) in [6, 6.07) is 9.85. The van der Waals surface area contributed by atoms with E-state index < -0.39 is 5.82 Å². The Hall–Kier alpha value is -3.39. The molecule has 0 aliphatic carbocycles. The number of likely N-dealkylation sites (tertiary alicyclic amines) is 1. The van der Waals surface area contributed by atoms with Crippen LogP contribution in [0.4, 0.5) is 4.39 Å². The van der Waals surface area contributed by atoms with Crippen LogP contribution >= 0.6 is 0 Å². The third kappa shape index (κ3) is 4.91. The Kier molecular flexibility index (Phi) is 6.70. The smallest absolute Gasteiger partial charge is 0.254 e. The molecule has 1 fully saturated rings. The molecular formula is C24H25FN4O3. The van der Waals surface area contributed by atoms with Crippen LogP contribution in [0.1, 0.15) is 35.7 Å². The molecule has 1 N–H and O–H groups in total. The molecule has 7 nitrogen and oxygen atoms in total. The number of aliphatic hydroxyl groups is 1. The first-order valence-electron chi connectivity index (χ1n) is 10.6. The zero-order valence-electron chi connectivity index (χ0n) is 17.8. The molecule has 4 rings (SSSR count). The van der Waals surface area contributed by atoms with Crippen molar-refractivity contribution in [3.05, 3.63) is 71.9 Å². The summed E-state index contributed by atoms with van der Waals surface area (Å²) in [6.45, 7) is 2.79. The standard InChI is InChI=1S/C24H25FN4O3/c1-16-3-4-18(15-32-22-8-6-19(25)12-28-22)13-29(16)24(31)21-11-17(14-30)5-7-20(21)23-26-9-2-10-27-23/h2,5-12,16,18,30H,3-4,13-15H2,1H3/t16-,18+/m1/s1. The van der Waals surface area contributed by atoms with Crippen LogP contribution in [-0.4, -0.2) is 50.1 Å². The van der Waals surface area contributed by atoms with Crippen LogP contribution in [0.5, 0.6) is 5.88 Å². The molecule has 1 amide bonds. The van der Waals surface area contributed by atoms with Crippen LogP contribution in [0.2, 0.25) is 0 Å². The highest BCUT2D eigenvalue weighted by Gasteiger charge is 2.31. The predicted octanol–water partition coefficient (Wildman–Crippen LogP) is 3.49. The fraction of sp³-hybridized carbons (Fsp3) is 0.333. The van der Waals surface area contributed by atoms with Crippen LogP contribution in [0.15, 0.2) is 55.0 Å². The first kappa shape index (κ1) is 21.8. The molecule has 0 spiro atoms. The van der Waals surface area contributed by atoms with Gasteiger partial charge in [-0.05, 0) is 43.5 Å². The summed E-state index contributed by atoms with van der Waals surface area (Å²) < 4.78 is 18.8. The van der Waals surface area contributed by atoms with Gasteiger partial charge in [0.25, 0.3) is 5.91 Å². The van der Waals surface area contributed by atoms with Crippen molar-refractivity contribution in [1.29, 1.82) is 0 Å². The van der Waals surface area contributed by atoms with Gasteiger partial charge in [0, 0.05) is 42.5 Å². The number of ether oxygens (including phenoxy) is 1. The van der Waals surface area contributed by atoms with Gasteiger partial charge in [-0.1, -0.05) is 12.1 Å². The average Bonchev–Trinajstić information content (AvgIpc) is 2.84. The molecule has 1 aliphatic heterocycles. The number of hydrogen-bond donors (Lipinski definition) is 1. The Labute approximate surface area is 185 Å². The van der Waals surface area contributed by atoms with Crippen molar-refractivity contribution in [3.8, 4) is 17.3 Å². The monoisotopic (exact) mass is 436 g/mol. The van der Waals surface area contributed by atoms with E-state index in [-0.39, 0.29) is 24.5 Å². The van der Waals surface area contributed by atoms with E-state index in [1.807, 2.05) is 11.8 Å². The molecule has 1 saturated heterocycles. The summed E-state index contributed by atoms with van der Waals surface area (Å²) in [7, 11) is 0. The normalized spacial score (nSPS) is 18.4. The van der Waals surface area contributed by atoms with E-state index in [0.29, 0.717) is 41.5 Å². The molecule has 1 aromatic carbocycles. The molecule has 0 unspecified atom stereocenters. The number of amides is 1. The van der Waals surface area contributed by atoms with E-state index >= 15 is 0 Å². The molecule has 8 heteroatoms. The summed E-state index contributed by atoms with van der Waals surface area (Å²) >= 11 is 0. The lowest BCUT2D eigenvalue weighted by Crippen LogP contribution is -2.47. The first-order valence-corrected chi connectivity index (χ1v) is 10.6. The summed E-state index contributed by atoms with van der Waals surface area (Å²) in [5.74, 6) is 0.414. The van der Waals surface area contributed by atoms with Crippen molar-refractivity contribution < 1.29 is 19.0 Å². The highest BCUT2D eigenvalue weighted by Crippen LogP contribution is 2.28. The molecule has 2 atom stereocenters. The number of aromatic nitrogens is 3. The zero-order valence-corrected chi connectivity index (χ0v) is 17.8. The summed E-state index contributed by atoms with van der Waals surface area (Å²) in [5, 5.41) is 9.60. The van der Waals surface area contributed by atoms with Gasteiger partial charge in [-0.15, -0.1) is 0 Å². The summed E-state index contributed by atoms with van der Waals surface area (Å²) in [6.07, 6.45) is 6.15. The molecule has 166 valence electrons. The van der Waals surface area contributed by atoms with Crippen molar-refractivity contribution in [2.24, 2.45) is 5.92 Å². The van der Waals surface area contributed by atoms with Crippen molar-refractivity contribution >= 4 is 5.91 Å². The van der Waals surface area contributed by atoms with Crippen LogP contribution < -0.4 is 4.74 Å². The minimum atomic E-state index is -0.413. The number of carbonyl (C=O) groups is 1. The fourth-order valence-corrected chi connectivity index (χ4v) is 3.91. The summed E-state index contributed by atoms with van der Waals surface area (Å²) in [5.41, 5.74) is 1.75. The van der Waals surface area contributed by atoms with Gasteiger partial charge < -0.3 is 14.7 Å². The number of aliphatic hydroxyl groups excluding tert-OH is 1. The highest BCUT2D eigenvalue weighted by molar-refractivity contribution is 6.00. The van der Waals surface area contributed by atoms with Gasteiger partial charge >= 0.3 is 0 Å². The van der Waals surface area contributed by atoms with Gasteiger partial charge in [0.2, 0.25) is 5.88 Å². The van der Waals surface area contributed by atoms with Gasteiger partial charge in [0.05, 0.1) is 25.0 Å². The lowest BCUT2D eigenvalue weighted by Gasteiger charge is -2.38. The third-order valence-electron chi connectivity index (χ3n) is 5.71. The number of rotatable bonds is 6. The molecule has 0 saturated carbocycles. The number of hydrogen-bond acceptors (Lipinski definition) is 6. The number of piperidine rings is 1. The van der Waals surface area contributed by atoms with Crippen molar-refractivity contribution in [1.82, 2.24) is 19.9 Å².